The van der Waals surface area contributed by atoms with Gasteiger partial charge in [-0.1, -0.05) is 4.57 Å². The molecule has 0 heterocycles. The number of aliphatic hydroxyl groups excluding tert-OH is 1. The molecule has 1 amide bonds. The van der Waals surface area contributed by atoms with Gasteiger partial charge in [-0.2, -0.15) is 0 Å². The molecular weight excluding hydrogens is 237 g/mol. The number of nitrogens with one attached hydrogen (secondary N) is 1. The first-order chi connectivity index (χ1) is 7.45. The van der Waals surface area contributed by atoms with Crippen LogP contribution in [0, 0.1) is 0 Å². The molecule has 0 spiro atoms. The fraction of sp³-hybridized carbons (Fsp3) is 0.750. The van der Waals surface area contributed by atoms with E-state index in [1.54, 1.807) is 0 Å². The fourth-order valence-electron chi connectivity index (χ4n) is 0.829. The molecule has 0 aliphatic heterocycles. The van der Waals surface area contributed by atoms with Crippen molar-refractivity contribution in [2.24, 2.45) is 0 Å². The van der Waals surface area contributed by atoms with E-state index in [2.05, 4.69) is 10.1 Å². The summed E-state index contributed by atoms with van der Waals surface area (Å²) in [4.78, 5) is 21.8. The number of carbonyl (C=O) groups is 2. The molecule has 3 N–H and O–H groups in total. The Kier molecular flexibility index (Phi) is 7.62. The molecule has 92 valence electrons. The highest BCUT2D eigenvalue weighted by Crippen LogP contribution is 2.18. The second kappa shape index (κ2) is 8.15. The van der Waals surface area contributed by atoms with Crippen LogP contribution in [-0.4, -0.2) is 47.9 Å². The summed E-state index contributed by atoms with van der Waals surface area (Å²) in [5.41, 5.74) is 0. The second-order valence-corrected chi connectivity index (χ2v) is 4.62. The maximum Gasteiger partial charge on any atom is 0.365 e. The van der Waals surface area contributed by atoms with E-state index in [1.165, 1.54) is 7.11 Å². The highest BCUT2D eigenvalue weighted by Gasteiger charge is 2.20. The van der Waals surface area contributed by atoms with Gasteiger partial charge in [0.05, 0.1) is 13.5 Å². The van der Waals surface area contributed by atoms with Crippen LogP contribution in [0.15, 0.2) is 0 Å². The highest BCUT2D eigenvalue weighted by atomic mass is 31.1. The van der Waals surface area contributed by atoms with Gasteiger partial charge in [-0.3, -0.25) is 9.59 Å². The van der Waals surface area contributed by atoms with Crippen LogP contribution in [0.3, 0.4) is 0 Å². The smallest absolute Gasteiger partial charge is 0.365 e. The SMILES string of the molecule is COC(=O)CCC(=O)NC[P+](=O)CC(O)O. The zero-order valence-electron chi connectivity index (χ0n) is 8.88. The third-order valence-electron chi connectivity index (χ3n) is 1.60. The van der Waals surface area contributed by atoms with Gasteiger partial charge in [-0.15, -0.1) is 0 Å². The summed E-state index contributed by atoms with van der Waals surface area (Å²) in [5, 5.41) is 19.3. The number of esters is 1. The van der Waals surface area contributed by atoms with E-state index in [-0.39, 0.29) is 25.3 Å². The van der Waals surface area contributed by atoms with Gasteiger partial charge in [0.2, 0.25) is 12.2 Å². The van der Waals surface area contributed by atoms with E-state index in [0.29, 0.717) is 0 Å². The first-order valence-corrected chi connectivity index (χ1v) is 6.20. The van der Waals surface area contributed by atoms with Crippen molar-refractivity contribution in [3.05, 3.63) is 0 Å². The maximum absolute atomic E-state index is 11.1. The minimum atomic E-state index is -1.88. The van der Waals surface area contributed by atoms with Crippen molar-refractivity contribution >= 4 is 19.7 Å². The Morgan fingerprint density at radius 1 is 1.38 bits per heavy atom. The van der Waals surface area contributed by atoms with E-state index in [1.807, 2.05) is 0 Å². The quantitative estimate of drug-likeness (QED) is 0.309. The van der Waals surface area contributed by atoms with Gasteiger partial charge in [0.15, 0.2) is 12.5 Å². The number of rotatable bonds is 7. The molecule has 8 heteroatoms. The molecule has 0 aliphatic rings. The third kappa shape index (κ3) is 8.28. The normalized spacial score (nSPS) is 11.1. The summed E-state index contributed by atoms with van der Waals surface area (Å²) in [6.07, 6.45) is -2.14. The number of ether oxygens (including phenoxy) is 1. The van der Waals surface area contributed by atoms with Crippen molar-refractivity contribution in [3.63, 3.8) is 0 Å². The van der Waals surface area contributed by atoms with Crippen LogP contribution in [-0.2, 0) is 18.9 Å². The zero-order chi connectivity index (χ0) is 12.6. The molecule has 0 saturated carbocycles. The Morgan fingerprint density at radius 2 is 2.00 bits per heavy atom. The first kappa shape index (κ1) is 15.0. The number of amides is 1. The van der Waals surface area contributed by atoms with Crippen LogP contribution < -0.4 is 5.32 Å². The van der Waals surface area contributed by atoms with Crippen LogP contribution in [0.2, 0.25) is 0 Å². The van der Waals surface area contributed by atoms with Crippen molar-refractivity contribution in [3.8, 4) is 0 Å². The van der Waals surface area contributed by atoms with Crippen LogP contribution in [0.25, 0.3) is 0 Å². The molecule has 0 aromatic rings. The van der Waals surface area contributed by atoms with Gasteiger partial charge in [0, 0.05) is 6.42 Å². The minimum Gasteiger partial charge on any atom is -0.469 e. The monoisotopic (exact) mass is 252 g/mol. The van der Waals surface area contributed by atoms with Gasteiger partial charge in [-0.05, 0) is 0 Å². The molecule has 0 rings (SSSR count). The number of methoxy groups -OCH3 is 1. The summed E-state index contributed by atoms with van der Waals surface area (Å²) >= 11 is 0. The van der Waals surface area contributed by atoms with Crippen LogP contribution in [0.1, 0.15) is 12.8 Å². The third-order valence-corrected chi connectivity index (χ3v) is 2.85. The van der Waals surface area contributed by atoms with E-state index in [4.69, 9.17) is 10.2 Å². The van der Waals surface area contributed by atoms with Crippen molar-refractivity contribution in [1.82, 2.24) is 5.32 Å². The maximum atomic E-state index is 11.1. The lowest BCUT2D eigenvalue weighted by Gasteiger charge is -1.99. The molecule has 0 bridgehead atoms. The molecule has 16 heavy (non-hydrogen) atoms. The minimum absolute atomic E-state index is 0.0399. The molecule has 0 aromatic heterocycles. The number of aliphatic hydroxyl groups is 2. The lowest BCUT2D eigenvalue weighted by Crippen LogP contribution is -2.24. The Hall–Kier alpha value is -1.04. The van der Waals surface area contributed by atoms with E-state index >= 15 is 0 Å². The Balaban J connectivity index is 3.65. The summed E-state index contributed by atoms with van der Waals surface area (Å²) in [6.45, 7) is 0. The van der Waals surface area contributed by atoms with Crippen molar-refractivity contribution in [1.29, 1.82) is 0 Å². The summed E-state index contributed by atoms with van der Waals surface area (Å²) < 4.78 is 15.4. The Bertz CT molecular complexity index is 267. The van der Waals surface area contributed by atoms with Crippen molar-refractivity contribution in [2.45, 2.75) is 19.1 Å². The average molecular weight is 252 g/mol. The lowest BCUT2D eigenvalue weighted by molar-refractivity contribution is -0.142. The van der Waals surface area contributed by atoms with Crippen LogP contribution in [0.4, 0.5) is 0 Å². The van der Waals surface area contributed by atoms with Gasteiger partial charge in [0.25, 0.3) is 0 Å². The molecule has 1 atom stereocenters. The fourth-order valence-corrected chi connectivity index (χ4v) is 1.68. The largest absolute Gasteiger partial charge is 0.469 e. The van der Waals surface area contributed by atoms with Crippen LogP contribution in [0.5, 0.6) is 0 Å². The Labute approximate surface area is 93.6 Å². The number of hydrogen-bond donors (Lipinski definition) is 3. The molecule has 0 aliphatic carbocycles. The first-order valence-electron chi connectivity index (χ1n) is 4.57. The standard InChI is InChI=1S/C8H14NO6P/c1-15-8(13)3-2-6(10)9-5-16(14)4-7(11)12/h7,11-12H,2-5H2,1H3/p+1. The number of carbonyl (C=O) groups excluding carboxylic acids is 2. The predicted molar refractivity (Wildman–Crippen MR) is 55.0 cm³/mol. The van der Waals surface area contributed by atoms with Gasteiger partial charge in [-0.25, -0.2) is 0 Å². The van der Waals surface area contributed by atoms with E-state index in [0.717, 1.165) is 0 Å². The Morgan fingerprint density at radius 3 is 2.50 bits per heavy atom. The molecular formula is C8H15NO6P+. The lowest BCUT2D eigenvalue weighted by atomic mass is 10.3. The second-order valence-electron chi connectivity index (χ2n) is 2.98. The molecule has 1 unspecified atom stereocenters. The summed E-state index contributed by atoms with van der Waals surface area (Å²) in [5.74, 6) is -0.925. The van der Waals surface area contributed by atoms with Crippen molar-refractivity contribution in [2.75, 3.05) is 19.6 Å². The molecule has 0 aromatic carbocycles. The zero-order valence-corrected chi connectivity index (χ0v) is 9.77. The molecule has 0 saturated heterocycles. The van der Waals surface area contributed by atoms with Gasteiger partial charge in [0.1, 0.15) is 0 Å². The van der Waals surface area contributed by atoms with Gasteiger partial charge >= 0.3 is 13.8 Å². The molecule has 7 nitrogen and oxygen atoms in total. The number of hydrogen-bond acceptors (Lipinski definition) is 6. The van der Waals surface area contributed by atoms with Crippen molar-refractivity contribution < 1.29 is 29.1 Å². The van der Waals surface area contributed by atoms with E-state index < -0.39 is 26.0 Å². The molecule has 0 fully saturated rings. The molecule has 0 radical (unpaired) electrons. The topological polar surface area (TPSA) is 113 Å². The summed E-state index contributed by atoms with van der Waals surface area (Å²) in [7, 11) is -0.658. The van der Waals surface area contributed by atoms with Crippen LogP contribution >= 0.6 is 7.80 Å². The van der Waals surface area contributed by atoms with E-state index in [9.17, 15) is 14.2 Å². The predicted octanol–water partition coefficient (Wildman–Crippen LogP) is -0.849. The highest BCUT2D eigenvalue weighted by molar-refractivity contribution is 7.44. The average Bonchev–Trinajstić information content (AvgIpc) is 2.22. The van der Waals surface area contributed by atoms with Gasteiger partial charge < -0.3 is 20.3 Å². The summed E-state index contributed by atoms with van der Waals surface area (Å²) in [6, 6.07) is 0.